The minimum atomic E-state index is -4.47. The van der Waals surface area contributed by atoms with Crippen LogP contribution in [0, 0.1) is 0 Å². The second-order valence-electron chi connectivity index (χ2n) is 7.52. The Morgan fingerprint density at radius 2 is 1.71 bits per heavy atom. The molecule has 4 rings (SSSR count). The first-order valence-electron chi connectivity index (χ1n) is 8.64. The molecule has 144 valence electrons. The molecule has 1 N–H and O–H groups in total. The fourth-order valence-corrected chi connectivity index (χ4v) is 2.85. The Labute approximate surface area is 158 Å². The summed E-state index contributed by atoms with van der Waals surface area (Å²) in [5, 5.41) is 4.06. The van der Waals surface area contributed by atoms with Crippen LogP contribution in [-0.2, 0) is 11.6 Å². The summed E-state index contributed by atoms with van der Waals surface area (Å²) >= 11 is 0. The van der Waals surface area contributed by atoms with E-state index in [2.05, 4.69) is 20.1 Å². The van der Waals surface area contributed by atoms with Gasteiger partial charge in [-0.2, -0.15) is 13.2 Å². The smallest absolute Gasteiger partial charge is 0.353 e. The first kappa shape index (κ1) is 18.2. The van der Waals surface area contributed by atoms with Gasteiger partial charge in [0.25, 0.3) is 0 Å². The number of hydrogen-bond acceptors (Lipinski definition) is 4. The van der Waals surface area contributed by atoms with E-state index in [1.165, 1.54) is 18.2 Å². The van der Waals surface area contributed by atoms with Gasteiger partial charge in [0.1, 0.15) is 0 Å². The summed E-state index contributed by atoms with van der Waals surface area (Å²) in [6.45, 7) is 6.04. The molecule has 0 saturated heterocycles. The van der Waals surface area contributed by atoms with Crippen molar-refractivity contribution in [3.63, 3.8) is 0 Å². The predicted molar refractivity (Wildman–Crippen MR) is 98.5 cm³/mol. The number of imidazole rings is 1. The molecule has 0 amide bonds. The van der Waals surface area contributed by atoms with E-state index < -0.39 is 11.7 Å². The summed E-state index contributed by atoms with van der Waals surface area (Å²) in [7, 11) is 0. The number of nitrogens with zero attached hydrogens (tertiary/aromatic N) is 3. The number of fused-ring (bicyclic) bond motifs is 1. The summed E-state index contributed by atoms with van der Waals surface area (Å²) in [6.07, 6.45) is -4.47. The highest BCUT2D eigenvalue weighted by Gasteiger charge is 2.33. The second-order valence-corrected chi connectivity index (χ2v) is 7.52. The van der Waals surface area contributed by atoms with Crippen LogP contribution in [0.1, 0.15) is 32.0 Å². The number of aromatic amines is 1. The molecule has 1 aromatic carbocycles. The molecule has 0 unspecified atom stereocenters. The Hall–Kier alpha value is -3.16. The molecular formula is C20H17F3N4O. The molecule has 0 fully saturated rings. The van der Waals surface area contributed by atoms with Crippen LogP contribution >= 0.6 is 0 Å². The number of alkyl halides is 3. The van der Waals surface area contributed by atoms with Gasteiger partial charge in [-0.3, -0.25) is 0 Å². The van der Waals surface area contributed by atoms with E-state index in [1.807, 2.05) is 20.8 Å². The molecule has 0 bridgehead atoms. The fourth-order valence-electron chi connectivity index (χ4n) is 2.85. The lowest BCUT2D eigenvalue weighted by Crippen LogP contribution is -2.10. The summed E-state index contributed by atoms with van der Waals surface area (Å²) < 4.78 is 45.3. The molecule has 0 aliphatic heterocycles. The highest BCUT2D eigenvalue weighted by atomic mass is 19.4. The van der Waals surface area contributed by atoms with Crippen LogP contribution in [0.4, 0.5) is 13.2 Å². The van der Waals surface area contributed by atoms with Gasteiger partial charge in [0.2, 0.25) is 5.76 Å². The molecule has 0 spiro atoms. The maximum absolute atomic E-state index is 13.3. The molecule has 0 radical (unpaired) electrons. The van der Waals surface area contributed by atoms with Crippen molar-refractivity contribution in [2.24, 2.45) is 0 Å². The van der Waals surface area contributed by atoms with Crippen molar-refractivity contribution in [2.75, 3.05) is 0 Å². The van der Waals surface area contributed by atoms with E-state index in [0.29, 0.717) is 22.7 Å². The van der Waals surface area contributed by atoms with Crippen LogP contribution in [-0.4, -0.2) is 20.1 Å². The van der Waals surface area contributed by atoms with Crippen molar-refractivity contribution in [3.8, 4) is 22.8 Å². The molecule has 5 nitrogen and oxygen atoms in total. The maximum atomic E-state index is 13.3. The van der Waals surface area contributed by atoms with Gasteiger partial charge in [-0.15, -0.1) is 0 Å². The Balaban J connectivity index is 1.77. The van der Waals surface area contributed by atoms with Crippen LogP contribution in [0.5, 0.6) is 0 Å². The molecule has 3 heterocycles. The lowest BCUT2D eigenvalue weighted by atomic mass is 9.92. The summed E-state index contributed by atoms with van der Waals surface area (Å²) in [5.74, 6) is 0.868. The van der Waals surface area contributed by atoms with Crippen LogP contribution in [0.3, 0.4) is 0 Å². The normalized spacial score (nSPS) is 12.6. The Bertz CT molecular complexity index is 1150. The summed E-state index contributed by atoms with van der Waals surface area (Å²) in [4.78, 5) is 11.8. The van der Waals surface area contributed by atoms with Crippen LogP contribution in [0.15, 0.2) is 47.0 Å². The molecule has 0 atom stereocenters. The van der Waals surface area contributed by atoms with Crippen molar-refractivity contribution in [1.29, 1.82) is 0 Å². The summed E-state index contributed by atoms with van der Waals surface area (Å²) in [6, 6.07) is 10.3. The Morgan fingerprint density at radius 3 is 2.39 bits per heavy atom. The van der Waals surface area contributed by atoms with Crippen molar-refractivity contribution in [3.05, 3.63) is 53.7 Å². The molecule has 4 aromatic rings. The SMILES string of the molecule is CC(C)(C)c1cc(-c2nc3nc(-c4ccccc4C(F)(F)F)ccc3[nH]2)on1. The zero-order chi connectivity index (χ0) is 20.1. The minimum absolute atomic E-state index is 0.0103. The fraction of sp³-hybridized carbons (Fsp3) is 0.250. The first-order chi connectivity index (χ1) is 13.1. The third kappa shape index (κ3) is 3.26. The first-order valence-corrected chi connectivity index (χ1v) is 8.64. The van der Waals surface area contributed by atoms with Gasteiger partial charge in [0, 0.05) is 17.0 Å². The largest absolute Gasteiger partial charge is 0.417 e. The van der Waals surface area contributed by atoms with Gasteiger partial charge in [0.15, 0.2) is 11.5 Å². The van der Waals surface area contributed by atoms with Gasteiger partial charge in [-0.1, -0.05) is 44.1 Å². The lowest BCUT2D eigenvalue weighted by Gasteiger charge is -2.12. The van der Waals surface area contributed by atoms with E-state index >= 15 is 0 Å². The van der Waals surface area contributed by atoms with E-state index in [-0.39, 0.29) is 16.7 Å². The van der Waals surface area contributed by atoms with E-state index in [4.69, 9.17) is 4.52 Å². The van der Waals surface area contributed by atoms with Gasteiger partial charge in [-0.05, 0) is 18.2 Å². The van der Waals surface area contributed by atoms with Crippen molar-refractivity contribution < 1.29 is 17.7 Å². The average molecular weight is 386 g/mol. The lowest BCUT2D eigenvalue weighted by molar-refractivity contribution is -0.137. The number of rotatable bonds is 2. The standard InChI is InChI=1S/C20H17F3N4O/c1-19(2,3)16-10-15(28-27-16)18-25-14-9-8-13(24-17(14)26-18)11-6-4-5-7-12(11)20(21,22)23/h4-10H,1-3H3,(H,24,25,26). The number of hydrogen-bond donors (Lipinski definition) is 1. The number of benzene rings is 1. The third-order valence-corrected chi connectivity index (χ3v) is 4.37. The van der Waals surface area contributed by atoms with Gasteiger partial charge in [-0.25, -0.2) is 9.97 Å². The van der Waals surface area contributed by atoms with Gasteiger partial charge >= 0.3 is 6.18 Å². The number of nitrogens with one attached hydrogen (secondary N) is 1. The monoisotopic (exact) mass is 386 g/mol. The topological polar surface area (TPSA) is 67.6 Å². The van der Waals surface area contributed by atoms with Gasteiger partial charge < -0.3 is 9.51 Å². The molecule has 3 aromatic heterocycles. The molecule has 28 heavy (non-hydrogen) atoms. The molecular weight excluding hydrogens is 369 g/mol. The zero-order valence-corrected chi connectivity index (χ0v) is 15.4. The van der Waals surface area contributed by atoms with Crippen LogP contribution < -0.4 is 0 Å². The van der Waals surface area contributed by atoms with E-state index in [9.17, 15) is 13.2 Å². The minimum Gasteiger partial charge on any atom is -0.353 e. The number of pyridine rings is 1. The van der Waals surface area contributed by atoms with Crippen molar-refractivity contribution in [2.45, 2.75) is 32.4 Å². The molecule has 0 saturated carbocycles. The second kappa shape index (κ2) is 6.19. The van der Waals surface area contributed by atoms with E-state index in [1.54, 1.807) is 18.2 Å². The van der Waals surface area contributed by atoms with Crippen LogP contribution in [0.25, 0.3) is 34.0 Å². The summed E-state index contributed by atoms with van der Waals surface area (Å²) in [5.41, 5.74) is 0.969. The quantitative estimate of drug-likeness (QED) is 0.487. The average Bonchev–Trinajstić information content (AvgIpc) is 3.27. The third-order valence-electron chi connectivity index (χ3n) is 4.37. The Morgan fingerprint density at radius 1 is 0.964 bits per heavy atom. The highest BCUT2D eigenvalue weighted by molar-refractivity contribution is 5.79. The molecule has 0 aliphatic carbocycles. The number of aromatic nitrogens is 4. The van der Waals surface area contributed by atoms with Crippen molar-refractivity contribution >= 4 is 11.2 Å². The molecule has 0 aliphatic rings. The van der Waals surface area contributed by atoms with Crippen molar-refractivity contribution in [1.82, 2.24) is 20.1 Å². The predicted octanol–water partition coefficient (Wildman–Crippen LogP) is 5.60. The number of H-pyrrole nitrogens is 1. The maximum Gasteiger partial charge on any atom is 0.417 e. The van der Waals surface area contributed by atoms with Crippen LogP contribution in [0.2, 0.25) is 0 Å². The van der Waals surface area contributed by atoms with E-state index in [0.717, 1.165) is 11.8 Å². The zero-order valence-electron chi connectivity index (χ0n) is 15.4. The Kier molecular flexibility index (Phi) is 4.02. The van der Waals surface area contributed by atoms with Gasteiger partial charge in [0.05, 0.1) is 22.5 Å². The molecule has 8 heteroatoms. The highest BCUT2D eigenvalue weighted by Crippen LogP contribution is 2.36. The number of halogens is 3.